The van der Waals surface area contributed by atoms with Gasteiger partial charge in [0.25, 0.3) is 5.91 Å². The van der Waals surface area contributed by atoms with E-state index in [-0.39, 0.29) is 13.0 Å². The summed E-state index contributed by atoms with van der Waals surface area (Å²) in [5.41, 5.74) is 4.08. The first kappa shape index (κ1) is 22.3. The second-order valence-electron chi connectivity index (χ2n) is 7.50. The summed E-state index contributed by atoms with van der Waals surface area (Å²) in [5, 5.41) is 13.0. The zero-order valence-corrected chi connectivity index (χ0v) is 17.7. The van der Waals surface area contributed by atoms with Crippen LogP contribution in [0.3, 0.4) is 0 Å². The van der Waals surface area contributed by atoms with Gasteiger partial charge in [-0.15, -0.1) is 0 Å². The van der Waals surface area contributed by atoms with Gasteiger partial charge in [0.05, 0.1) is 12.3 Å². The quantitative estimate of drug-likeness (QED) is 0.308. The van der Waals surface area contributed by atoms with Crippen molar-refractivity contribution in [3.8, 4) is 11.1 Å². The largest absolute Gasteiger partial charge is 0.361 e. The number of hydrogen-bond donors (Lipinski definition) is 2. The van der Waals surface area contributed by atoms with Crippen molar-refractivity contribution in [1.29, 1.82) is 0 Å². The SMILES string of the molecule is Cc1cc(-c2ccc(COC(C)(C(=O)CCc3cc(C)on3)C(=O)NO)cc2)ccn1. The molecule has 8 nitrogen and oxygen atoms in total. The number of hydroxylamine groups is 1. The Labute approximate surface area is 180 Å². The number of Topliss-reactive ketones (excluding diaryl/α,β-unsaturated/α-hetero) is 1. The van der Waals surface area contributed by atoms with Crippen molar-refractivity contribution in [3.05, 3.63) is 71.4 Å². The number of carbonyl (C=O) groups is 2. The first-order valence-electron chi connectivity index (χ1n) is 9.88. The molecule has 3 aromatic rings. The third-order valence-electron chi connectivity index (χ3n) is 5.06. The number of pyridine rings is 1. The van der Waals surface area contributed by atoms with Gasteiger partial charge < -0.3 is 9.26 Å². The minimum absolute atomic E-state index is 0.0101. The second kappa shape index (κ2) is 9.63. The van der Waals surface area contributed by atoms with E-state index < -0.39 is 17.3 Å². The molecule has 2 aromatic heterocycles. The van der Waals surface area contributed by atoms with E-state index >= 15 is 0 Å². The third kappa shape index (κ3) is 5.42. The van der Waals surface area contributed by atoms with Crippen LogP contribution in [0.2, 0.25) is 0 Å². The maximum Gasteiger partial charge on any atom is 0.283 e. The summed E-state index contributed by atoms with van der Waals surface area (Å²) in [6.07, 6.45) is 2.07. The summed E-state index contributed by atoms with van der Waals surface area (Å²) in [6.45, 7) is 5.06. The van der Waals surface area contributed by atoms with E-state index in [1.165, 1.54) is 12.4 Å². The van der Waals surface area contributed by atoms with Crippen LogP contribution in [0.1, 0.15) is 36.1 Å². The monoisotopic (exact) mass is 423 g/mol. The lowest BCUT2D eigenvalue weighted by Gasteiger charge is -2.26. The molecule has 31 heavy (non-hydrogen) atoms. The standard InChI is InChI=1S/C23H25N3O5/c1-15-12-19(10-11-24-15)18-6-4-17(5-7-18)14-30-23(3,22(28)25-29)21(27)9-8-20-13-16(2)31-26-20/h4-7,10-13,29H,8-9,14H2,1-3H3,(H,25,28). The van der Waals surface area contributed by atoms with Crippen molar-refractivity contribution in [2.75, 3.05) is 0 Å². The summed E-state index contributed by atoms with van der Waals surface area (Å²) >= 11 is 0. The van der Waals surface area contributed by atoms with Crippen LogP contribution >= 0.6 is 0 Å². The van der Waals surface area contributed by atoms with Crippen molar-refractivity contribution >= 4 is 11.7 Å². The number of ether oxygens (including phenoxy) is 1. The number of hydrogen-bond acceptors (Lipinski definition) is 7. The van der Waals surface area contributed by atoms with Gasteiger partial charge in [0.15, 0.2) is 5.78 Å². The molecule has 0 saturated carbocycles. The highest BCUT2D eigenvalue weighted by atomic mass is 16.5. The van der Waals surface area contributed by atoms with Gasteiger partial charge in [-0.25, -0.2) is 5.48 Å². The minimum atomic E-state index is -1.84. The van der Waals surface area contributed by atoms with Crippen LogP contribution in [0.25, 0.3) is 11.1 Å². The topological polar surface area (TPSA) is 115 Å². The van der Waals surface area contributed by atoms with E-state index in [0.29, 0.717) is 17.9 Å². The van der Waals surface area contributed by atoms with Crippen molar-refractivity contribution in [1.82, 2.24) is 15.6 Å². The van der Waals surface area contributed by atoms with Gasteiger partial charge in [-0.1, -0.05) is 29.4 Å². The summed E-state index contributed by atoms with van der Waals surface area (Å²) in [5.74, 6) is -0.749. The van der Waals surface area contributed by atoms with Crippen LogP contribution in [0, 0.1) is 13.8 Å². The number of ketones is 1. The summed E-state index contributed by atoms with van der Waals surface area (Å²) in [7, 11) is 0. The van der Waals surface area contributed by atoms with E-state index in [9.17, 15) is 9.59 Å². The number of rotatable bonds is 9. The number of nitrogens with zero attached hydrogens (tertiary/aromatic N) is 2. The minimum Gasteiger partial charge on any atom is -0.361 e. The first-order valence-corrected chi connectivity index (χ1v) is 9.88. The maximum atomic E-state index is 12.8. The molecule has 0 aliphatic rings. The molecular formula is C23H25N3O5. The Morgan fingerprint density at radius 2 is 1.87 bits per heavy atom. The molecule has 2 N–H and O–H groups in total. The fraction of sp³-hybridized carbons (Fsp3) is 0.304. The Morgan fingerprint density at radius 3 is 2.48 bits per heavy atom. The van der Waals surface area contributed by atoms with Crippen molar-refractivity contribution in [2.45, 2.75) is 45.8 Å². The number of aromatic nitrogens is 2. The smallest absolute Gasteiger partial charge is 0.283 e. The van der Waals surface area contributed by atoms with Gasteiger partial charge in [0.1, 0.15) is 5.76 Å². The summed E-state index contributed by atoms with van der Waals surface area (Å²) in [4.78, 5) is 29.2. The molecule has 1 atom stereocenters. The number of carbonyl (C=O) groups excluding carboxylic acids is 2. The fourth-order valence-electron chi connectivity index (χ4n) is 3.14. The number of aryl methyl sites for hydroxylation is 3. The zero-order chi connectivity index (χ0) is 22.4. The van der Waals surface area contributed by atoms with Crippen molar-refractivity contribution in [2.24, 2.45) is 0 Å². The average molecular weight is 423 g/mol. The Bertz CT molecular complexity index is 1060. The van der Waals surface area contributed by atoms with Crippen LogP contribution in [0.4, 0.5) is 0 Å². The first-order chi connectivity index (χ1) is 14.8. The summed E-state index contributed by atoms with van der Waals surface area (Å²) < 4.78 is 10.7. The molecule has 3 rings (SSSR count). The van der Waals surface area contributed by atoms with E-state index in [4.69, 9.17) is 14.5 Å². The highest BCUT2D eigenvalue weighted by Gasteiger charge is 2.41. The van der Waals surface area contributed by atoms with Crippen LogP contribution in [-0.2, 0) is 27.4 Å². The van der Waals surface area contributed by atoms with Gasteiger partial charge in [-0.2, -0.15) is 0 Å². The second-order valence-corrected chi connectivity index (χ2v) is 7.50. The van der Waals surface area contributed by atoms with Crippen LogP contribution in [0.5, 0.6) is 0 Å². The molecule has 162 valence electrons. The molecule has 0 aliphatic carbocycles. The van der Waals surface area contributed by atoms with Crippen molar-refractivity contribution in [3.63, 3.8) is 0 Å². The maximum absolute atomic E-state index is 12.8. The Kier molecular flexibility index (Phi) is 6.94. The highest BCUT2D eigenvalue weighted by molar-refractivity contribution is 6.08. The molecule has 1 aromatic carbocycles. The molecule has 0 saturated heterocycles. The normalized spacial score (nSPS) is 12.9. The van der Waals surface area contributed by atoms with Gasteiger partial charge in [-0.3, -0.25) is 19.8 Å². The molecule has 0 spiro atoms. The predicted octanol–water partition coefficient (Wildman–Crippen LogP) is 3.34. The van der Waals surface area contributed by atoms with Gasteiger partial charge in [0, 0.05) is 30.8 Å². The molecule has 0 radical (unpaired) electrons. The highest BCUT2D eigenvalue weighted by Crippen LogP contribution is 2.22. The van der Waals surface area contributed by atoms with Crippen LogP contribution in [-0.4, -0.2) is 32.6 Å². The van der Waals surface area contributed by atoms with Gasteiger partial charge in [-0.05, 0) is 49.6 Å². The van der Waals surface area contributed by atoms with Crippen molar-refractivity contribution < 1.29 is 24.1 Å². The lowest BCUT2D eigenvalue weighted by molar-refractivity contribution is -0.164. The van der Waals surface area contributed by atoms with E-state index in [2.05, 4.69) is 10.1 Å². The molecule has 1 unspecified atom stereocenters. The fourth-order valence-corrected chi connectivity index (χ4v) is 3.14. The average Bonchev–Trinajstić information content (AvgIpc) is 3.20. The van der Waals surface area contributed by atoms with E-state index in [0.717, 1.165) is 22.4 Å². The van der Waals surface area contributed by atoms with Crippen LogP contribution in [0.15, 0.2) is 53.2 Å². The van der Waals surface area contributed by atoms with Gasteiger partial charge in [0.2, 0.25) is 5.60 Å². The molecule has 0 bridgehead atoms. The molecular weight excluding hydrogens is 398 g/mol. The molecule has 8 heteroatoms. The molecule has 0 aliphatic heterocycles. The van der Waals surface area contributed by atoms with Gasteiger partial charge >= 0.3 is 0 Å². The van der Waals surface area contributed by atoms with Crippen LogP contribution < -0.4 is 5.48 Å². The number of amides is 1. The lowest BCUT2D eigenvalue weighted by Crippen LogP contribution is -2.51. The Hall–Kier alpha value is -3.36. The zero-order valence-electron chi connectivity index (χ0n) is 17.7. The third-order valence-corrected chi connectivity index (χ3v) is 5.06. The lowest BCUT2D eigenvalue weighted by atomic mass is 9.95. The molecule has 2 heterocycles. The van der Waals surface area contributed by atoms with E-state index in [1.54, 1.807) is 19.2 Å². The summed E-state index contributed by atoms with van der Waals surface area (Å²) in [6, 6.07) is 13.2. The predicted molar refractivity (Wildman–Crippen MR) is 112 cm³/mol. The Balaban J connectivity index is 1.67. The molecule has 0 fully saturated rings. The Morgan fingerprint density at radius 1 is 1.13 bits per heavy atom. The molecule has 1 amide bonds. The number of benzene rings is 1. The number of nitrogens with one attached hydrogen (secondary N) is 1. The van der Waals surface area contributed by atoms with E-state index in [1.807, 2.05) is 43.3 Å².